The summed E-state index contributed by atoms with van der Waals surface area (Å²) in [7, 11) is 0. The average Bonchev–Trinajstić information content (AvgIpc) is 2.49. The molecule has 22 heavy (non-hydrogen) atoms. The number of aliphatic carboxylic acids is 2. The van der Waals surface area contributed by atoms with Gasteiger partial charge in [-0.2, -0.15) is 0 Å². The van der Waals surface area contributed by atoms with Crippen LogP contribution in [0.25, 0.3) is 5.57 Å². The van der Waals surface area contributed by atoms with Crippen LogP contribution in [0.2, 0.25) is 0 Å². The largest absolute Gasteiger partial charge is 0.478 e. The van der Waals surface area contributed by atoms with E-state index in [1.807, 2.05) is 12.1 Å². The molecule has 0 atom stereocenters. The van der Waals surface area contributed by atoms with Crippen molar-refractivity contribution in [2.24, 2.45) is 0 Å². The van der Waals surface area contributed by atoms with Crippen molar-refractivity contribution in [2.45, 2.75) is 51.9 Å². The van der Waals surface area contributed by atoms with Crippen molar-refractivity contribution in [1.29, 1.82) is 0 Å². The summed E-state index contributed by atoms with van der Waals surface area (Å²) in [6.45, 7) is 2.20. The summed E-state index contributed by atoms with van der Waals surface area (Å²) in [5.74, 6) is -2.49. The van der Waals surface area contributed by atoms with Gasteiger partial charge in [0, 0.05) is 6.08 Å². The van der Waals surface area contributed by atoms with Crippen molar-refractivity contribution in [1.82, 2.24) is 0 Å². The molecule has 0 aliphatic heterocycles. The molecule has 0 amide bonds. The van der Waals surface area contributed by atoms with Crippen molar-refractivity contribution < 1.29 is 19.8 Å². The Morgan fingerprint density at radius 2 is 1.55 bits per heavy atom. The smallest absolute Gasteiger partial charge is 0.336 e. The molecule has 120 valence electrons. The van der Waals surface area contributed by atoms with E-state index in [1.54, 1.807) is 12.1 Å². The maximum Gasteiger partial charge on any atom is 0.336 e. The molecule has 0 radical (unpaired) electrons. The van der Waals surface area contributed by atoms with E-state index in [0.717, 1.165) is 24.5 Å². The first-order chi connectivity index (χ1) is 10.5. The molecule has 1 rings (SSSR count). The van der Waals surface area contributed by atoms with Gasteiger partial charge in [-0.3, -0.25) is 0 Å². The van der Waals surface area contributed by atoms with Crippen LogP contribution in [-0.4, -0.2) is 22.2 Å². The number of carbonyl (C=O) groups is 2. The quantitative estimate of drug-likeness (QED) is 0.503. The van der Waals surface area contributed by atoms with Crippen LogP contribution < -0.4 is 0 Å². The van der Waals surface area contributed by atoms with Gasteiger partial charge < -0.3 is 10.2 Å². The molecule has 1 aromatic carbocycles. The number of carboxylic acid groups (broad SMARTS) is 2. The Morgan fingerprint density at radius 3 is 2.09 bits per heavy atom. The third kappa shape index (κ3) is 6.57. The number of carboxylic acids is 2. The predicted octanol–water partition coefficient (Wildman–Crippen LogP) is 4.14. The molecule has 0 aliphatic rings. The second-order valence-electron chi connectivity index (χ2n) is 5.42. The zero-order valence-electron chi connectivity index (χ0n) is 13.0. The Hall–Kier alpha value is -2.10. The van der Waals surface area contributed by atoms with Gasteiger partial charge in [-0.25, -0.2) is 9.59 Å². The predicted molar refractivity (Wildman–Crippen MR) is 86.8 cm³/mol. The highest BCUT2D eigenvalue weighted by molar-refractivity contribution is 6.19. The van der Waals surface area contributed by atoms with Crippen LogP contribution >= 0.6 is 0 Å². The number of unbranched alkanes of at least 4 members (excludes halogenated alkanes) is 5. The summed E-state index contributed by atoms with van der Waals surface area (Å²) in [4.78, 5) is 21.8. The van der Waals surface area contributed by atoms with E-state index in [9.17, 15) is 9.59 Å². The monoisotopic (exact) mass is 304 g/mol. The van der Waals surface area contributed by atoms with E-state index in [2.05, 4.69) is 6.92 Å². The van der Waals surface area contributed by atoms with E-state index < -0.39 is 11.9 Å². The highest BCUT2D eigenvalue weighted by atomic mass is 16.4. The van der Waals surface area contributed by atoms with Gasteiger partial charge in [0.1, 0.15) is 0 Å². The van der Waals surface area contributed by atoms with E-state index in [1.165, 1.54) is 32.1 Å². The van der Waals surface area contributed by atoms with E-state index in [0.29, 0.717) is 5.56 Å². The number of rotatable bonds is 10. The molecule has 0 aromatic heterocycles. The molecule has 0 saturated carbocycles. The van der Waals surface area contributed by atoms with Crippen LogP contribution in [0.1, 0.15) is 56.6 Å². The maximum absolute atomic E-state index is 11.1. The van der Waals surface area contributed by atoms with E-state index >= 15 is 0 Å². The Balaban J connectivity index is 2.55. The van der Waals surface area contributed by atoms with E-state index in [-0.39, 0.29) is 5.57 Å². The van der Waals surface area contributed by atoms with Crippen molar-refractivity contribution >= 4 is 17.5 Å². The molecule has 0 saturated heterocycles. The molecule has 0 unspecified atom stereocenters. The number of benzene rings is 1. The minimum Gasteiger partial charge on any atom is -0.478 e. The van der Waals surface area contributed by atoms with Crippen molar-refractivity contribution in [3.63, 3.8) is 0 Å². The van der Waals surface area contributed by atoms with Gasteiger partial charge in [0.05, 0.1) is 5.57 Å². The highest BCUT2D eigenvalue weighted by Crippen LogP contribution is 2.17. The van der Waals surface area contributed by atoms with Crippen LogP contribution in [-0.2, 0) is 16.0 Å². The third-order valence-electron chi connectivity index (χ3n) is 3.58. The zero-order valence-corrected chi connectivity index (χ0v) is 13.0. The third-order valence-corrected chi connectivity index (χ3v) is 3.58. The first kappa shape index (κ1) is 18.0. The van der Waals surface area contributed by atoms with Crippen LogP contribution in [0.3, 0.4) is 0 Å². The minimum absolute atomic E-state index is 0.196. The van der Waals surface area contributed by atoms with Crippen LogP contribution in [0.15, 0.2) is 30.3 Å². The molecule has 2 N–H and O–H groups in total. The van der Waals surface area contributed by atoms with Gasteiger partial charge in [-0.15, -0.1) is 0 Å². The van der Waals surface area contributed by atoms with Crippen LogP contribution in [0, 0.1) is 0 Å². The standard InChI is InChI=1S/C18H24O4/c1-2-3-4-5-6-7-8-14-9-11-15(12-10-14)16(18(21)22)13-17(19)20/h9-13H,2-8H2,1H3,(H,19,20)(H,21,22)/b16-13-. The fourth-order valence-electron chi connectivity index (χ4n) is 2.35. The summed E-state index contributed by atoms with van der Waals surface area (Å²) in [5, 5.41) is 17.8. The summed E-state index contributed by atoms with van der Waals surface area (Å²) in [6, 6.07) is 7.10. The lowest BCUT2D eigenvalue weighted by Gasteiger charge is -2.05. The Kier molecular flexibility index (Phi) is 7.97. The second kappa shape index (κ2) is 9.77. The topological polar surface area (TPSA) is 74.6 Å². The fourth-order valence-corrected chi connectivity index (χ4v) is 2.35. The summed E-state index contributed by atoms with van der Waals surface area (Å²) in [5.41, 5.74) is 1.37. The summed E-state index contributed by atoms with van der Waals surface area (Å²) in [6.07, 6.45) is 9.12. The highest BCUT2D eigenvalue weighted by Gasteiger charge is 2.12. The lowest BCUT2D eigenvalue weighted by atomic mass is 10.0. The minimum atomic E-state index is -1.26. The van der Waals surface area contributed by atoms with Gasteiger partial charge in [0.2, 0.25) is 0 Å². The maximum atomic E-state index is 11.1. The molecular formula is C18H24O4. The SMILES string of the molecule is CCCCCCCCc1ccc(/C(=C/C(=O)O)C(=O)O)cc1. The molecule has 0 aliphatic carbocycles. The molecule has 0 fully saturated rings. The Bertz CT molecular complexity index is 514. The van der Waals surface area contributed by atoms with Crippen molar-refractivity contribution in [2.75, 3.05) is 0 Å². The molecule has 1 aromatic rings. The lowest BCUT2D eigenvalue weighted by molar-refractivity contribution is -0.133. The average molecular weight is 304 g/mol. The Morgan fingerprint density at radius 1 is 0.955 bits per heavy atom. The summed E-state index contributed by atoms with van der Waals surface area (Å²) < 4.78 is 0. The van der Waals surface area contributed by atoms with Crippen molar-refractivity contribution in [3.05, 3.63) is 41.5 Å². The van der Waals surface area contributed by atoms with Crippen LogP contribution in [0.5, 0.6) is 0 Å². The summed E-state index contributed by atoms with van der Waals surface area (Å²) >= 11 is 0. The number of hydrogen-bond donors (Lipinski definition) is 2. The van der Waals surface area contributed by atoms with Gasteiger partial charge in [0.15, 0.2) is 0 Å². The molecular weight excluding hydrogens is 280 g/mol. The van der Waals surface area contributed by atoms with Gasteiger partial charge in [0.25, 0.3) is 0 Å². The molecule has 0 bridgehead atoms. The molecule has 4 nitrogen and oxygen atoms in total. The molecule has 4 heteroatoms. The zero-order chi connectivity index (χ0) is 16.4. The van der Waals surface area contributed by atoms with E-state index in [4.69, 9.17) is 10.2 Å². The van der Waals surface area contributed by atoms with Crippen molar-refractivity contribution in [3.8, 4) is 0 Å². The first-order valence-corrected chi connectivity index (χ1v) is 7.81. The second-order valence-corrected chi connectivity index (χ2v) is 5.42. The first-order valence-electron chi connectivity index (χ1n) is 7.81. The van der Waals surface area contributed by atoms with Gasteiger partial charge >= 0.3 is 11.9 Å². The normalized spacial score (nSPS) is 11.4. The number of hydrogen-bond acceptors (Lipinski definition) is 2. The van der Waals surface area contributed by atoms with Gasteiger partial charge in [-0.05, 0) is 24.0 Å². The molecule has 0 spiro atoms. The van der Waals surface area contributed by atoms with Gasteiger partial charge in [-0.1, -0.05) is 63.3 Å². The fraction of sp³-hybridized carbons (Fsp3) is 0.444. The lowest BCUT2D eigenvalue weighted by Crippen LogP contribution is -2.03. The Labute approximate surface area is 131 Å². The van der Waals surface area contributed by atoms with Crippen LogP contribution in [0.4, 0.5) is 0 Å². The number of aryl methyl sites for hydroxylation is 1. The molecule has 0 heterocycles.